The molecular weight excluding hydrogens is 307 g/mol. The Labute approximate surface area is 141 Å². The summed E-state index contributed by atoms with van der Waals surface area (Å²) < 4.78 is 13.9. The number of carbonyl (C=O) groups is 1. The van der Waals surface area contributed by atoms with Crippen LogP contribution in [0.3, 0.4) is 0 Å². The number of hydrogen-bond acceptors (Lipinski definition) is 3. The predicted molar refractivity (Wildman–Crippen MR) is 93.1 cm³/mol. The largest absolute Gasteiger partial charge is 0.481 e. The summed E-state index contributed by atoms with van der Waals surface area (Å²) in [5.41, 5.74) is 3.01. The Morgan fingerprint density at radius 1 is 1.42 bits per heavy atom. The number of halogens is 1. The van der Waals surface area contributed by atoms with Crippen LogP contribution < -0.4 is 4.90 Å². The summed E-state index contributed by atoms with van der Waals surface area (Å²) in [6, 6.07) is 4.93. The molecule has 0 bridgehead atoms. The van der Waals surface area contributed by atoms with Crippen LogP contribution in [0, 0.1) is 12.7 Å². The Hall–Kier alpha value is -2.17. The third-order valence-electron chi connectivity index (χ3n) is 4.94. The molecule has 1 aromatic heterocycles. The van der Waals surface area contributed by atoms with E-state index in [2.05, 4.69) is 16.8 Å². The number of anilines is 1. The molecule has 1 fully saturated rings. The fourth-order valence-electron chi connectivity index (χ4n) is 3.79. The SMILES string of the molecule is CCC1CCCCN1c1c(CC(=O)O)c(C)nc2ccc(F)cc12. The Morgan fingerprint density at radius 2 is 2.21 bits per heavy atom. The molecule has 1 aliphatic heterocycles. The molecule has 2 heterocycles. The van der Waals surface area contributed by atoms with Crippen LogP contribution in [0.4, 0.5) is 10.1 Å². The number of aliphatic carboxylic acids is 1. The summed E-state index contributed by atoms with van der Waals surface area (Å²) in [6.07, 6.45) is 4.24. The molecule has 0 radical (unpaired) electrons. The normalized spacial score (nSPS) is 18.1. The number of carboxylic acids is 1. The van der Waals surface area contributed by atoms with E-state index in [0.29, 0.717) is 17.3 Å². The molecule has 24 heavy (non-hydrogen) atoms. The number of fused-ring (bicyclic) bond motifs is 1. The molecule has 0 spiro atoms. The third kappa shape index (κ3) is 3.07. The molecule has 1 aliphatic rings. The second-order valence-electron chi connectivity index (χ2n) is 6.51. The minimum absolute atomic E-state index is 0.0897. The van der Waals surface area contributed by atoms with E-state index in [4.69, 9.17) is 0 Å². The number of carboxylic acid groups (broad SMARTS) is 1. The van der Waals surface area contributed by atoms with Crippen LogP contribution in [-0.2, 0) is 11.2 Å². The third-order valence-corrected chi connectivity index (χ3v) is 4.94. The van der Waals surface area contributed by atoms with Gasteiger partial charge in [-0.25, -0.2) is 4.39 Å². The molecule has 2 aromatic rings. The van der Waals surface area contributed by atoms with E-state index >= 15 is 0 Å². The van der Waals surface area contributed by atoms with Crippen LogP contribution in [0.5, 0.6) is 0 Å². The standard InChI is InChI=1S/C19H23FN2O2/c1-3-14-6-4-5-9-22(14)19-15(11-18(23)24)12(2)21-17-8-7-13(20)10-16(17)19/h7-8,10,14H,3-6,9,11H2,1-2H3,(H,23,24). The molecule has 1 unspecified atom stereocenters. The van der Waals surface area contributed by atoms with E-state index in [0.717, 1.165) is 42.4 Å². The van der Waals surface area contributed by atoms with E-state index in [1.807, 2.05) is 6.92 Å². The first-order valence-corrected chi connectivity index (χ1v) is 8.58. The van der Waals surface area contributed by atoms with Crippen molar-refractivity contribution in [2.75, 3.05) is 11.4 Å². The van der Waals surface area contributed by atoms with Gasteiger partial charge in [-0.3, -0.25) is 9.78 Å². The van der Waals surface area contributed by atoms with Crippen LogP contribution in [0.2, 0.25) is 0 Å². The van der Waals surface area contributed by atoms with Crippen molar-refractivity contribution < 1.29 is 14.3 Å². The number of piperidine rings is 1. The predicted octanol–water partition coefficient (Wildman–Crippen LogP) is 4.08. The zero-order valence-corrected chi connectivity index (χ0v) is 14.2. The van der Waals surface area contributed by atoms with Crippen LogP contribution in [0.25, 0.3) is 10.9 Å². The Balaban J connectivity index is 2.27. The number of aromatic nitrogens is 1. The van der Waals surface area contributed by atoms with Gasteiger partial charge >= 0.3 is 5.97 Å². The molecule has 0 aliphatic carbocycles. The van der Waals surface area contributed by atoms with Crippen molar-refractivity contribution in [1.29, 1.82) is 0 Å². The lowest BCUT2D eigenvalue weighted by atomic mass is 9.95. The van der Waals surface area contributed by atoms with E-state index in [-0.39, 0.29) is 12.2 Å². The van der Waals surface area contributed by atoms with Crippen molar-refractivity contribution in [3.63, 3.8) is 0 Å². The van der Waals surface area contributed by atoms with Gasteiger partial charge in [0, 0.05) is 29.2 Å². The molecule has 0 amide bonds. The van der Waals surface area contributed by atoms with E-state index in [9.17, 15) is 14.3 Å². The van der Waals surface area contributed by atoms with E-state index in [1.165, 1.54) is 18.6 Å². The van der Waals surface area contributed by atoms with Gasteiger partial charge in [-0.15, -0.1) is 0 Å². The summed E-state index contributed by atoms with van der Waals surface area (Å²) in [5.74, 6) is -1.21. The first kappa shape index (κ1) is 16.7. The minimum Gasteiger partial charge on any atom is -0.481 e. The highest BCUT2D eigenvalue weighted by Gasteiger charge is 2.27. The highest BCUT2D eigenvalue weighted by Crippen LogP contribution is 2.37. The number of nitrogens with zero attached hydrogens (tertiary/aromatic N) is 2. The lowest BCUT2D eigenvalue weighted by Crippen LogP contribution is -2.40. The monoisotopic (exact) mass is 330 g/mol. The van der Waals surface area contributed by atoms with Gasteiger partial charge in [0.1, 0.15) is 5.82 Å². The summed E-state index contributed by atoms with van der Waals surface area (Å²) >= 11 is 0. The van der Waals surface area contributed by atoms with Gasteiger partial charge < -0.3 is 10.0 Å². The van der Waals surface area contributed by atoms with Crippen molar-refractivity contribution in [3.8, 4) is 0 Å². The second-order valence-corrected chi connectivity index (χ2v) is 6.51. The smallest absolute Gasteiger partial charge is 0.307 e. The fraction of sp³-hybridized carbons (Fsp3) is 0.474. The maximum Gasteiger partial charge on any atom is 0.307 e. The first-order chi connectivity index (χ1) is 11.5. The topological polar surface area (TPSA) is 53.4 Å². The molecule has 0 saturated carbocycles. The highest BCUT2D eigenvalue weighted by atomic mass is 19.1. The quantitative estimate of drug-likeness (QED) is 0.918. The van der Waals surface area contributed by atoms with Crippen LogP contribution >= 0.6 is 0 Å². The van der Waals surface area contributed by atoms with E-state index in [1.54, 1.807) is 6.07 Å². The molecular formula is C19H23FN2O2. The molecule has 1 atom stereocenters. The zero-order valence-electron chi connectivity index (χ0n) is 14.2. The molecule has 1 N–H and O–H groups in total. The summed E-state index contributed by atoms with van der Waals surface area (Å²) in [5, 5.41) is 10.1. The van der Waals surface area contributed by atoms with E-state index < -0.39 is 5.97 Å². The molecule has 5 heteroatoms. The van der Waals surface area contributed by atoms with Gasteiger partial charge in [0.15, 0.2) is 0 Å². The number of hydrogen-bond donors (Lipinski definition) is 1. The average molecular weight is 330 g/mol. The van der Waals surface area contributed by atoms with Crippen LogP contribution in [0.15, 0.2) is 18.2 Å². The lowest BCUT2D eigenvalue weighted by Gasteiger charge is -2.39. The minimum atomic E-state index is -0.887. The molecule has 3 rings (SSSR count). The average Bonchev–Trinajstić information content (AvgIpc) is 2.56. The van der Waals surface area contributed by atoms with Gasteiger partial charge in [-0.1, -0.05) is 6.92 Å². The maximum absolute atomic E-state index is 13.9. The van der Waals surface area contributed by atoms with Crippen LogP contribution in [0.1, 0.15) is 43.9 Å². The Morgan fingerprint density at radius 3 is 2.92 bits per heavy atom. The number of rotatable bonds is 4. The molecule has 1 saturated heterocycles. The molecule has 128 valence electrons. The Bertz CT molecular complexity index is 776. The first-order valence-electron chi connectivity index (χ1n) is 8.58. The number of pyridine rings is 1. The maximum atomic E-state index is 13.9. The number of benzene rings is 1. The summed E-state index contributed by atoms with van der Waals surface area (Å²) in [7, 11) is 0. The molecule has 4 nitrogen and oxygen atoms in total. The van der Waals surface area contributed by atoms with Crippen molar-refractivity contribution in [3.05, 3.63) is 35.3 Å². The Kier molecular flexibility index (Phi) is 4.69. The highest BCUT2D eigenvalue weighted by molar-refractivity contribution is 5.95. The summed E-state index contributed by atoms with van der Waals surface area (Å²) in [6.45, 7) is 4.87. The van der Waals surface area contributed by atoms with Crippen molar-refractivity contribution in [1.82, 2.24) is 4.98 Å². The second kappa shape index (κ2) is 6.75. The molecule has 1 aromatic carbocycles. The fourth-order valence-corrected chi connectivity index (χ4v) is 3.79. The van der Waals surface area contributed by atoms with Crippen molar-refractivity contribution in [2.24, 2.45) is 0 Å². The van der Waals surface area contributed by atoms with Gasteiger partial charge in [0.2, 0.25) is 0 Å². The van der Waals surface area contributed by atoms with Gasteiger partial charge in [0.05, 0.1) is 17.6 Å². The lowest BCUT2D eigenvalue weighted by molar-refractivity contribution is -0.136. The van der Waals surface area contributed by atoms with Crippen molar-refractivity contribution >= 4 is 22.6 Å². The number of aryl methyl sites for hydroxylation is 1. The van der Waals surface area contributed by atoms with Crippen molar-refractivity contribution in [2.45, 2.75) is 52.0 Å². The van der Waals surface area contributed by atoms with Gasteiger partial charge in [-0.2, -0.15) is 0 Å². The van der Waals surface area contributed by atoms with Gasteiger partial charge in [-0.05, 0) is 50.8 Å². The summed E-state index contributed by atoms with van der Waals surface area (Å²) in [4.78, 5) is 18.2. The zero-order chi connectivity index (χ0) is 17.3. The van der Waals surface area contributed by atoms with Gasteiger partial charge in [0.25, 0.3) is 0 Å². The van der Waals surface area contributed by atoms with Crippen LogP contribution in [-0.4, -0.2) is 28.6 Å².